The highest BCUT2D eigenvalue weighted by atomic mass is 16.5. The molecule has 1 saturated heterocycles. The van der Waals surface area contributed by atoms with E-state index in [4.69, 9.17) is 4.74 Å². The third kappa shape index (κ3) is 4.19. The van der Waals surface area contributed by atoms with Crippen molar-refractivity contribution in [3.8, 4) is 0 Å². The van der Waals surface area contributed by atoms with Gasteiger partial charge in [0.05, 0.1) is 5.69 Å². The summed E-state index contributed by atoms with van der Waals surface area (Å²) in [6, 6.07) is 6.78. The van der Waals surface area contributed by atoms with Crippen molar-refractivity contribution in [1.29, 1.82) is 0 Å². The predicted molar refractivity (Wildman–Crippen MR) is 105 cm³/mol. The van der Waals surface area contributed by atoms with Gasteiger partial charge in [-0.15, -0.1) is 0 Å². The van der Waals surface area contributed by atoms with Gasteiger partial charge in [0.1, 0.15) is 0 Å². The summed E-state index contributed by atoms with van der Waals surface area (Å²) < 4.78 is 6.79. The molecular formula is C21H23N3O4. The topological polar surface area (TPSA) is 81.5 Å². The Bertz CT molecular complexity index is 941. The maximum atomic E-state index is 12.2. The Kier molecular flexibility index (Phi) is 5.73. The molecule has 1 amide bonds. The third-order valence-corrected chi connectivity index (χ3v) is 4.87. The van der Waals surface area contributed by atoms with Crippen molar-refractivity contribution in [3.63, 3.8) is 0 Å². The number of carbonyl (C=O) groups is 3. The molecule has 1 aromatic carbocycles. The number of aromatic nitrogens is 2. The summed E-state index contributed by atoms with van der Waals surface area (Å²) in [4.78, 5) is 37.6. The Morgan fingerprint density at radius 3 is 2.50 bits per heavy atom. The van der Waals surface area contributed by atoms with Crippen LogP contribution in [0.25, 0.3) is 6.08 Å². The fourth-order valence-electron chi connectivity index (χ4n) is 3.20. The molecule has 1 aromatic heterocycles. The van der Waals surface area contributed by atoms with Gasteiger partial charge >= 0.3 is 5.97 Å². The van der Waals surface area contributed by atoms with Gasteiger partial charge in [-0.05, 0) is 50.6 Å². The summed E-state index contributed by atoms with van der Waals surface area (Å²) in [5.74, 6) is -0.788. The molecule has 0 spiro atoms. The molecule has 2 heterocycles. The summed E-state index contributed by atoms with van der Waals surface area (Å²) in [6.07, 6.45) is 4.35. The Labute approximate surface area is 163 Å². The molecule has 7 nitrogen and oxygen atoms in total. The molecule has 0 saturated carbocycles. The van der Waals surface area contributed by atoms with Crippen molar-refractivity contribution in [2.75, 3.05) is 18.1 Å². The second-order valence-electron chi connectivity index (χ2n) is 6.77. The lowest BCUT2D eigenvalue weighted by Gasteiger charge is -2.15. The minimum atomic E-state index is -0.588. The monoisotopic (exact) mass is 381 g/mol. The lowest BCUT2D eigenvalue weighted by Crippen LogP contribution is -2.23. The molecule has 0 atom stereocenters. The average molecular weight is 381 g/mol. The Hall–Kier alpha value is -3.22. The molecule has 0 bridgehead atoms. The first-order chi connectivity index (χ1) is 13.4. The van der Waals surface area contributed by atoms with Crippen molar-refractivity contribution in [1.82, 2.24) is 9.78 Å². The highest BCUT2D eigenvalue weighted by molar-refractivity contribution is 6.00. The summed E-state index contributed by atoms with van der Waals surface area (Å²) >= 11 is 0. The molecule has 0 aliphatic carbocycles. The molecule has 0 unspecified atom stereocenters. The maximum Gasteiger partial charge on any atom is 0.331 e. The number of hydrogen-bond acceptors (Lipinski definition) is 5. The minimum Gasteiger partial charge on any atom is -0.454 e. The highest BCUT2D eigenvalue weighted by Crippen LogP contribution is 2.21. The number of carbonyl (C=O) groups excluding carboxylic acids is 3. The van der Waals surface area contributed by atoms with Crippen LogP contribution in [-0.2, 0) is 21.4 Å². The van der Waals surface area contributed by atoms with E-state index < -0.39 is 5.97 Å². The highest BCUT2D eigenvalue weighted by Gasteiger charge is 2.21. The Morgan fingerprint density at radius 2 is 1.93 bits per heavy atom. The van der Waals surface area contributed by atoms with Crippen LogP contribution in [0, 0.1) is 13.8 Å². The van der Waals surface area contributed by atoms with Crippen LogP contribution in [0.5, 0.6) is 0 Å². The molecule has 0 N–H and O–H groups in total. The Morgan fingerprint density at radius 1 is 1.21 bits per heavy atom. The number of nitrogens with zero attached hydrogens (tertiary/aromatic N) is 3. The van der Waals surface area contributed by atoms with Crippen LogP contribution < -0.4 is 4.90 Å². The smallest absolute Gasteiger partial charge is 0.331 e. The summed E-state index contributed by atoms with van der Waals surface area (Å²) in [7, 11) is 1.83. The molecule has 146 valence electrons. The summed E-state index contributed by atoms with van der Waals surface area (Å²) in [6.45, 7) is 4.14. The molecule has 2 aromatic rings. The largest absolute Gasteiger partial charge is 0.454 e. The van der Waals surface area contributed by atoms with Gasteiger partial charge in [0.25, 0.3) is 0 Å². The van der Waals surface area contributed by atoms with Gasteiger partial charge in [-0.3, -0.25) is 14.3 Å². The number of ketones is 1. The maximum absolute atomic E-state index is 12.2. The zero-order valence-electron chi connectivity index (χ0n) is 16.3. The van der Waals surface area contributed by atoms with Crippen LogP contribution in [0.3, 0.4) is 0 Å². The van der Waals surface area contributed by atoms with Gasteiger partial charge in [-0.1, -0.05) is 0 Å². The molecular weight excluding hydrogens is 358 g/mol. The number of hydrogen-bond donors (Lipinski definition) is 0. The van der Waals surface area contributed by atoms with Crippen molar-refractivity contribution >= 4 is 29.4 Å². The summed E-state index contributed by atoms with van der Waals surface area (Å²) in [5.41, 5.74) is 3.83. The van der Waals surface area contributed by atoms with Gasteiger partial charge < -0.3 is 9.64 Å². The molecule has 28 heavy (non-hydrogen) atoms. The van der Waals surface area contributed by atoms with Crippen molar-refractivity contribution < 1.29 is 19.1 Å². The van der Waals surface area contributed by atoms with E-state index in [1.54, 1.807) is 39.9 Å². The lowest BCUT2D eigenvalue weighted by atomic mass is 10.1. The zero-order chi connectivity index (χ0) is 20.3. The molecule has 3 rings (SSSR count). The fraction of sp³-hybridized carbons (Fsp3) is 0.333. The van der Waals surface area contributed by atoms with Crippen LogP contribution in [0.2, 0.25) is 0 Å². The van der Waals surface area contributed by atoms with Crippen LogP contribution in [0.4, 0.5) is 5.69 Å². The number of anilines is 1. The number of aryl methyl sites for hydroxylation is 2. The number of benzene rings is 1. The number of esters is 1. The number of rotatable bonds is 6. The van der Waals surface area contributed by atoms with E-state index in [1.807, 2.05) is 20.9 Å². The van der Waals surface area contributed by atoms with E-state index in [9.17, 15) is 14.4 Å². The van der Waals surface area contributed by atoms with Crippen molar-refractivity contribution in [3.05, 3.63) is 52.9 Å². The van der Waals surface area contributed by atoms with E-state index in [2.05, 4.69) is 5.10 Å². The third-order valence-electron chi connectivity index (χ3n) is 4.87. The first-order valence-electron chi connectivity index (χ1n) is 9.15. The second-order valence-corrected chi connectivity index (χ2v) is 6.77. The van der Waals surface area contributed by atoms with Gasteiger partial charge in [-0.25, -0.2) is 4.79 Å². The van der Waals surface area contributed by atoms with E-state index in [0.29, 0.717) is 18.5 Å². The van der Waals surface area contributed by atoms with Crippen molar-refractivity contribution in [2.45, 2.75) is 26.7 Å². The summed E-state index contributed by atoms with van der Waals surface area (Å²) in [5, 5.41) is 4.28. The van der Waals surface area contributed by atoms with Crippen LogP contribution in [0.1, 0.15) is 40.2 Å². The molecule has 1 aliphatic heterocycles. The SMILES string of the molecule is Cc1nn(C)c(C)c1/C=C/C(=O)OCC(=O)c1ccc(N2CCCC2=O)cc1. The second kappa shape index (κ2) is 8.21. The van der Waals surface area contributed by atoms with E-state index >= 15 is 0 Å². The minimum absolute atomic E-state index is 0.0962. The normalized spacial score (nSPS) is 14.1. The predicted octanol–water partition coefficient (Wildman–Crippen LogP) is 2.60. The lowest BCUT2D eigenvalue weighted by molar-refractivity contribution is -0.136. The fourth-order valence-corrected chi connectivity index (χ4v) is 3.20. The standard InChI is InChI=1S/C21H23N3O4/c1-14-18(15(2)23(3)22-14)10-11-21(27)28-13-19(25)16-6-8-17(9-7-16)24-12-4-5-20(24)26/h6-11H,4-5,12-13H2,1-3H3/b11-10+. The van der Waals surface area contributed by atoms with Crippen molar-refractivity contribution in [2.24, 2.45) is 7.05 Å². The van der Waals surface area contributed by atoms with Crippen LogP contribution in [-0.4, -0.2) is 40.6 Å². The van der Waals surface area contributed by atoms with E-state index in [1.165, 1.54) is 6.08 Å². The number of Topliss-reactive ketones (excluding diaryl/α,β-unsaturated/α-hetero) is 1. The van der Waals surface area contributed by atoms with E-state index in [0.717, 1.165) is 29.1 Å². The molecule has 1 fully saturated rings. The number of ether oxygens (including phenoxy) is 1. The quantitative estimate of drug-likeness (QED) is 0.436. The van der Waals surface area contributed by atoms with Crippen LogP contribution >= 0.6 is 0 Å². The molecule has 7 heteroatoms. The van der Waals surface area contributed by atoms with Gasteiger partial charge in [0.2, 0.25) is 5.91 Å². The average Bonchev–Trinajstić information content (AvgIpc) is 3.21. The van der Waals surface area contributed by atoms with Crippen LogP contribution in [0.15, 0.2) is 30.3 Å². The molecule has 1 aliphatic rings. The van der Waals surface area contributed by atoms with Gasteiger partial charge in [0, 0.05) is 48.6 Å². The number of amides is 1. The van der Waals surface area contributed by atoms with Gasteiger partial charge in [-0.2, -0.15) is 5.10 Å². The van der Waals surface area contributed by atoms with E-state index in [-0.39, 0.29) is 18.3 Å². The molecule has 0 radical (unpaired) electrons. The zero-order valence-corrected chi connectivity index (χ0v) is 16.3. The van der Waals surface area contributed by atoms with Gasteiger partial charge in [0.15, 0.2) is 12.4 Å². The first-order valence-corrected chi connectivity index (χ1v) is 9.15. The first kappa shape index (κ1) is 19.5. The Balaban J connectivity index is 1.55.